The Morgan fingerprint density at radius 3 is 2.35 bits per heavy atom. The van der Waals surface area contributed by atoms with Crippen LogP contribution >= 0.6 is 15.9 Å². The minimum absolute atomic E-state index is 0.402. The maximum atomic E-state index is 11.9. The monoisotopic (exact) mass is 332 g/mol. The molecule has 2 aromatic rings. The summed E-state index contributed by atoms with van der Waals surface area (Å²) in [5.41, 5.74) is 6.63. The fourth-order valence-corrected chi connectivity index (χ4v) is 2.74. The summed E-state index contributed by atoms with van der Waals surface area (Å²) < 4.78 is 0.863. The van der Waals surface area contributed by atoms with Crippen molar-refractivity contribution in [3.05, 3.63) is 70.2 Å². The zero-order valence-corrected chi connectivity index (χ0v) is 12.9. The predicted molar refractivity (Wildman–Crippen MR) is 84.0 cm³/mol. The third-order valence-electron chi connectivity index (χ3n) is 3.39. The van der Waals surface area contributed by atoms with E-state index in [1.54, 1.807) is 6.92 Å². The number of primary amides is 1. The van der Waals surface area contributed by atoms with Crippen molar-refractivity contribution in [2.75, 3.05) is 0 Å². The van der Waals surface area contributed by atoms with E-state index in [4.69, 9.17) is 5.73 Å². The normalized spacial score (nSPS) is 13.7. The Morgan fingerprint density at radius 2 is 1.75 bits per heavy atom. The van der Waals surface area contributed by atoms with Gasteiger partial charge in [-0.05, 0) is 24.1 Å². The van der Waals surface area contributed by atoms with Crippen LogP contribution in [-0.2, 0) is 16.9 Å². The molecule has 1 atom stereocenters. The van der Waals surface area contributed by atoms with Crippen LogP contribution in [0.1, 0.15) is 18.1 Å². The summed E-state index contributed by atoms with van der Waals surface area (Å²) in [6, 6.07) is 17.5. The van der Waals surface area contributed by atoms with Gasteiger partial charge in [0.1, 0.15) is 5.54 Å². The molecule has 0 saturated carbocycles. The Labute approximate surface area is 127 Å². The number of nitrogens with two attached hydrogens (primary N) is 1. The van der Waals surface area contributed by atoms with E-state index >= 15 is 0 Å². The van der Waals surface area contributed by atoms with Gasteiger partial charge in [0.05, 0.1) is 0 Å². The van der Waals surface area contributed by atoms with Crippen molar-refractivity contribution in [1.29, 1.82) is 0 Å². The zero-order valence-electron chi connectivity index (χ0n) is 11.3. The molecule has 0 bridgehead atoms. The molecular weight excluding hydrogens is 316 g/mol. The van der Waals surface area contributed by atoms with E-state index in [0.717, 1.165) is 15.6 Å². The SMILES string of the molecule is CC(NCc1ccccc1)(C(N)=O)c1ccccc1Br. The van der Waals surface area contributed by atoms with Crippen molar-refractivity contribution in [2.45, 2.75) is 19.0 Å². The molecule has 0 spiro atoms. The van der Waals surface area contributed by atoms with Gasteiger partial charge in [-0.1, -0.05) is 64.5 Å². The van der Waals surface area contributed by atoms with E-state index in [1.807, 2.05) is 54.6 Å². The largest absolute Gasteiger partial charge is 0.368 e. The molecule has 0 aliphatic carbocycles. The molecule has 2 aromatic carbocycles. The zero-order chi connectivity index (χ0) is 14.6. The highest BCUT2D eigenvalue weighted by Crippen LogP contribution is 2.28. The van der Waals surface area contributed by atoms with Crippen LogP contribution in [0.2, 0.25) is 0 Å². The fraction of sp³-hybridized carbons (Fsp3) is 0.188. The highest BCUT2D eigenvalue weighted by atomic mass is 79.9. The number of nitrogens with one attached hydrogen (secondary N) is 1. The van der Waals surface area contributed by atoms with E-state index in [2.05, 4.69) is 21.2 Å². The van der Waals surface area contributed by atoms with Crippen LogP contribution < -0.4 is 11.1 Å². The second kappa shape index (κ2) is 6.20. The van der Waals surface area contributed by atoms with Crippen LogP contribution in [0.5, 0.6) is 0 Å². The number of carbonyl (C=O) groups is 1. The smallest absolute Gasteiger partial charge is 0.242 e. The number of benzene rings is 2. The summed E-state index contributed by atoms with van der Waals surface area (Å²) in [4.78, 5) is 11.9. The highest BCUT2D eigenvalue weighted by Gasteiger charge is 2.34. The molecule has 0 fully saturated rings. The molecule has 1 unspecified atom stereocenters. The minimum Gasteiger partial charge on any atom is -0.368 e. The first-order chi connectivity index (χ1) is 9.54. The van der Waals surface area contributed by atoms with Crippen LogP contribution in [0.3, 0.4) is 0 Å². The number of hydrogen-bond acceptors (Lipinski definition) is 2. The van der Waals surface area contributed by atoms with Crippen LogP contribution in [-0.4, -0.2) is 5.91 Å². The summed E-state index contributed by atoms with van der Waals surface area (Å²) in [7, 11) is 0. The second-order valence-corrected chi connectivity index (χ2v) is 5.66. The maximum Gasteiger partial charge on any atom is 0.242 e. The van der Waals surface area contributed by atoms with Crippen LogP contribution in [0.25, 0.3) is 0 Å². The number of carbonyl (C=O) groups excluding carboxylic acids is 1. The molecule has 104 valence electrons. The summed E-state index contributed by atoms with van der Waals surface area (Å²) in [6.07, 6.45) is 0. The maximum absolute atomic E-state index is 11.9. The fourth-order valence-electron chi connectivity index (χ4n) is 2.06. The van der Waals surface area contributed by atoms with E-state index in [1.165, 1.54) is 0 Å². The quantitative estimate of drug-likeness (QED) is 0.884. The van der Waals surface area contributed by atoms with Crippen LogP contribution in [0.4, 0.5) is 0 Å². The van der Waals surface area contributed by atoms with Crippen molar-refractivity contribution in [2.24, 2.45) is 5.73 Å². The van der Waals surface area contributed by atoms with Gasteiger partial charge in [0, 0.05) is 11.0 Å². The van der Waals surface area contributed by atoms with E-state index < -0.39 is 11.4 Å². The Bertz CT molecular complexity index is 600. The van der Waals surface area contributed by atoms with E-state index in [0.29, 0.717) is 6.54 Å². The lowest BCUT2D eigenvalue weighted by atomic mass is 9.91. The van der Waals surface area contributed by atoms with Gasteiger partial charge in [-0.3, -0.25) is 10.1 Å². The number of amides is 1. The summed E-state index contributed by atoms with van der Waals surface area (Å²) in [5.74, 6) is -0.402. The van der Waals surface area contributed by atoms with Crippen molar-refractivity contribution < 1.29 is 4.79 Å². The first-order valence-corrected chi connectivity index (χ1v) is 7.17. The standard InChI is InChI=1S/C16H17BrN2O/c1-16(15(18)20,13-9-5-6-10-14(13)17)19-11-12-7-3-2-4-8-12/h2-10,19H,11H2,1H3,(H2,18,20). The predicted octanol–water partition coefficient (Wildman–Crippen LogP) is 2.94. The number of halogens is 1. The molecule has 0 aromatic heterocycles. The van der Waals surface area contributed by atoms with Crippen LogP contribution in [0, 0.1) is 0 Å². The van der Waals surface area contributed by atoms with Gasteiger partial charge in [0.2, 0.25) is 5.91 Å². The Balaban J connectivity index is 2.27. The van der Waals surface area contributed by atoms with Gasteiger partial charge >= 0.3 is 0 Å². The van der Waals surface area contributed by atoms with Crippen molar-refractivity contribution in [3.8, 4) is 0 Å². The van der Waals surface area contributed by atoms with Gasteiger partial charge in [0.25, 0.3) is 0 Å². The summed E-state index contributed by atoms with van der Waals surface area (Å²) >= 11 is 3.48. The molecule has 3 nitrogen and oxygen atoms in total. The van der Waals surface area contributed by atoms with Crippen LogP contribution in [0.15, 0.2) is 59.1 Å². The lowest BCUT2D eigenvalue weighted by Crippen LogP contribution is -2.50. The minimum atomic E-state index is -0.921. The van der Waals surface area contributed by atoms with Crippen molar-refractivity contribution in [1.82, 2.24) is 5.32 Å². The van der Waals surface area contributed by atoms with Gasteiger partial charge in [-0.25, -0.2) is 0 Å². The average molecular weight is 333 g/mol. The molecule has 2 rings (SSSR count). The molecule has 0 heterocycles. The van der Waals surface area contributed by atoms with E-state index in [-0.39, 0.29) is 0 Å². The van der Waals surface area contributed by atoms with Crippen molar-refractivity contribution >= 4 is 21.8 Å². The Kier molecular flexibility index (Phi) is 4.57. The van der Waals surface area contributed by atoms with Gasteiger partial charge in [-0.15, -0.1) is 0 Å². The molecule has 1 amide bonds. The molecule has 0 aliphatic heterocycles. The number of rotatable bonds is 5. The molecule has 0 saturated heterocycles. The first-order valence-electron chi connectivity index (χ1n) is 6.38. The molecule has 0 radical (unpaired) electrons. The lowest BCUT2D eigenvalue weighted by Gasteiger charge is -2.29. The number of hydrogen-bond donors (Lipinski definition) is 2. The molecular formula is C16H17BrN2O. The highest BCUT2D eigenvalue weighted by molar-refractivity contribution is 9.10. The summed E-state index contributed by atoms with van der Waals surface area (Å²) in [6.45, 7) is 2.37. The first kappa shape index (κ1) is 14.8. The summed E-state index contributed by atoms with van der Waals surface area (Å²) in [5, 5.41) is 3.26. The topological polar surface area (TPSA) is 55.1 Å². The Morgan fingerprint density at radius 1 is 1.15 bits per heavy atom. The average Bonchev–Trinajstić information content (AvgIpc) is 2.46. The Hall–Kier alpha value is -1.65. The van der Waals surface area contributed by atoms with Gasteiger partial charge in [0.15, 0.2) is 0 Å². The van der Waals surface area contributed by atoms with E-state index in [9.17, 15) is 4.79 Å². The van der Waals surface area contributed by atoms with Gasteiger partial charge in [-0.2, -0.15) is 0 Å². The van der Waals surface area contributed by atoms with Crippen molar-refractivity contribution in [3.63, 3.8) is 0 Å². The second-order valence-electron chi connectivity index (χ2n) is 4.81. The molecule has 4 heteroatoms. The third kappa shape index (κ3) is 3.08. The van der Waals surface area contributed by atoms with Gasteiger partial charge < -0.3 is 5.73 Å². The lowest BCUT2D eigenvalue weighted by molar-refractivity contribution is -0.124. The molecule has 3 N–H and O–H groups in total. The molecule has 20 heavy (non-hydrogen) atoms. The third-order valence-corrected chi connectivity index (χ3v) is 4.09. The molecule has 0 aliphatic rings.